The van der Waals surface area contributed by atoms with E-state index in [2.05, 4.69) is 59.9 Å². The number of nitrogens with one attached hydrogen (secondary N) is 1. The number of para-hydroxylation sites is 2. The Morgan fingerprint density at radius 3 is 2.83 bits per heavy atom. The van der Waals surface area contributed by atoms with Crippen LogP contribution in [0.15, 0.2) is 35.9 Å². The van der Waals surface area contributed by atoms with Crippen molar-refractivity contribution in [2.24, 2.45) is 0 Å². The molecule has 3 heteroatoms. The zero-order valence-electron chi connectivity index (χ0n) is 11.4. The maximum atomic E-state index is 4.68. The molecule has 1 aromatic carbocycles. The second kappa shape index (κ2) is 5.83. The fourth-order valence-corrected chi connectivity index (χ4v) is 2.07. The summed E-state index contributed by atoms with van der Waals surface area (Å²) in [7, 11) is 0. The van der Waals surface area contributed by atoms with Crippen molar-refractivity contribution in [3.63, 3.8) is 0 Å². The van der Waals surface area contributed by atoms with Gasteiger partial charge in [-0.3, -0.25) is 0 Å². The summed E-state index contributed by atoms with van der Waals surface area (Å²) in [5.41, 5.74) is 3.64. The number of benzene rings is 1. The first-order valence-electron chi connectivity index (χ1n) is 6.50. The number of hydrogen-bond donors (Lipinski definition) is 1. The smallest absolute Gasteiger partial charge is 0.123 e. The van der Waals surface area contributed by atoms with Crippen molar-refractivity contribution in [3.8, 4) is 0 Å². The Hall–Kier alpha value is -1.61. The number of nitrogens with zero attached hydrogens (tertiary/aromatic N) is 2. The molecule has 0 spiro atoms. The predicted octanol–water partition coefficient (Wildman–Crippen LogP) is 3.11. The minimum absolute atomic E-state index is 0.812. The van der Waals surface area contributed by atoms with Crippen molar-refractivity contribution in [2.45, 2.75) is 33.9 Å². The van der Waals surface area contributed by atoms with Crippen LogP contribution in [0, 0.1) is 0 Å². The third kappa shape index (κ3) is 2.79. The fraction of sp³-hybridized carbons (Fsp3) is 0.400. The minimum atomic E-state index is 0.812. The van der Waals surface area contributed by atoms with Gasteiger partial charge in [0, 0.05) is 13.1 Å². The van der Waals surface area contributed by atoms with E-state index in [-0.39, 0.29) is 0 Å². The summed E-state index contributed by atoms with van der Waals surface area (Å²) in [6.45, 7) is 9.06. The van der Waals surface area contributed by atoms with E-state index in [1.807, 2.05) is 6.07 Å². The highest BCUT2D eigenvalue weighted by Gasteiger charge is 2.07. The van der Waals surface area contributed by atoms with E-state index >= 15 is 0 Å². The summed E-state index contributed by atoms with van der Waals surface area (Å²) >= 11 is 0. The van der Waals surface area contributed by atoms with Crippen molar-refractivity contribution < 1.29 is 0 Å². The normalized spacial score (nSPS) is 10.8. The quantitative estimate of drug-likeness (QED) is 0.646. The number of fused-ring (bicyclic) bond motifs is 1. The number of hydrogen-bond acceptors (Lipinski definition) is 2. The highest BCUT2D eigenvalue weighted by Crippen LogP contribution is 2.15. The van der Waals surface area contributed by atoms with E-state index in [0.717, 1.165) is 31.0 Å². The molecule has 0 radical (unpaired) electrons. The van der Waals surface area contributed by atoms with E-state index in [4.69, 9.17) is 0 Å². The van der Waals surface area contributed by atoms with Gasteiger partial charge in [-0.1, -0.05) is 23.8 Å². The molecule has 1 N–H and O–H groups in total. The summed E-state index contributed by atoms with van der Waals surface area (Å²) in [5.74, 6) is 1.11. The summed E-state index contributed by atoms with van der Waals surface area (Å²) in [4.78, 5) is 4.68. The molecule has 0 bridgehead atoms. The third-order valence-electron chi connectivity index (χ3n) is 2.99. The van der Waals surface area contributed by atoms with Gasteiger partial charge in [0.25, 0.3) is 0 Å². The molecule has 0 saturated heterocycles. The van der Waals surface area contributed by atoms with Crippen LogP contribution < -0.4 is 5.32 Å². The molecular formula is C15H21N3. The lowest BCUT2D eigenvalue weighted by atomic mass is 10.3. The Bertz CT molecular complexity index is 548. The van der Waals surface area contributed by atoms with Gasteiger partial charge in [0.2, 0.25) is 0 Å². The number of rotatable bonds is 5. The molecule has 18 heavy (non-hydrogen) atoms. The lowest BCUT2D eigenvalue weighted by Crippen LogP contribution is -2.17. The van der Waals surface area contributed by atoms with Crippen LogP contribution >= 0.6 is 0 Å². The molecule has 0 amide bonds. The first kappa shape index (κ1) is 12.8. The Balaban J connectivity index is 2.15. The SMILES string of the molecule is CCn1c(CNCC=C(C)C)nc2ccccc21. The molecule has 1 heterocycles. The molecule has 2 rings (SSSR count). The van der Waals surface area contributed by atoms with Crippen molar-refractivity contribution >= 4 is 11.0 Å². The molecule has 0 fully saturated rings. The van der Waals surface area contributed by atoms with Gasteiger partial charge in [0.1, 0.15) is 5.82 Å². The molecule has 0 aliphatic heterocycles. The highest BCUT2D eigenvalue weighted by atomic mass is 15.1. The van der Waals surface area contributed by atoms with Crippen LogP contribution in [-0.4, -0.2) is 16.1 Å². The predicted molar refractivity (Wildman–Crippen MR) is 76.5 cm³/mol. The van der Waals surface area contributed by atoms with Gasteiger partial charge < -0.3 is 9.88 Å². The zero-order valence-corrected chi connectivity index (χ0v) is 11.4. The Kier molecular flexibility index (Phi) is 4.15. The maximum absolute atomic E-state index is 4.68. The largest absolute Gasteiger partial charge is 0.327 e. The Morgan fingerprint density at radius 2 is 2.11 bits per heavy atom. The highest BCUT2D eigenvalue weighted by molar-refractivity contribution is 5.75. The van der Waals surface area contributed by atoms with E-state index in [1.54, 1.807) is 0 Å². The van der Waals surface area contributed by atoms with Crippen molar-refractivity contribution in [3.05, 3.63) is 41.7 Å². The van der Waals surface area contributed by atoms with Crippen molar-refractivity contribution in [1.29, 1.82) is 0 Å². The standard InChI is InChI=1S/C15H21N3/c1-4-18-14-8-6-5-7-13(14)17-15(18)11-16-10-9-12(2)3/h5-9,16H,4,10-11H2,1-3H3. The van der Waals surface area contributed by atoms with E-state index < -0.39 is 0 Å². The van der Waals surface area contributed by atoms with Crippen LogP contribution in [-0.2, 0) is 13.1 Å². The number of aromatic nitrogens is 2. The second-order valence-electron chi connectivity index (χ2n) is 4.67. The first-order valence-corrected chi connectivity index (χ1v) is 6.50. The van der Waals surface area contributed by atoms with Gasteiger partial charge in [0.15, 0.2) is 0 Å². The lowest BCUT2D eigenvalue weighted by molar-refractivity contribution is 0.650. The molecule has 0 aliphatic rings. The Labute approximate surface area is 109 Å². The zero-order chi connectivity index (χ0) is 13.0. The van der Waals surface area contributed by atoms with Gasteiger partial charge in [-0.2, -0.15) is 0 Å². The van der Waals surface area contributed by atoms with Gasteiger partial charge in [-0.15, -0.1) is 0 Å². The molecule has 0 aliphatic carbocycles. The molecule has 0 saturated carbocycles. The molecule has 0 unspecified atom stereocenters. The molecule has 3 nitrogen and oxygen atoms in total. The summed E-state index contributed by atoms with van der Waals surface area (Å²) < 4.78 is 2.27. The van der Waals surface area contributed by atoms with Gasteiger partial charge in [-0.25, -0.2) is 4.98 Å². The number of allylic oxidation sites excluding steroid dienone is 1. The van der Waals surface area contributed by atoms with Crippen LogP contribution in [0.4, 0.5) is 0 Å². The molecule has 2 aromatic rings. The van der Waals surface area contributed by atoms with Crippen molar-refractivity contribution in [2.75, 3.05) is 6.54 Å². The van der Waals surface area contributed by atoms with Crippen LogP contribution in [0.3, 0.4) is 0 Å². The Morgan fingerprint density at radius 1 is 1.33 bits per heavy atom. The summed E-state index contributed by atoms with van der Waals surface area (Å²) in [6.07, 6.45) is 2.19. The van der Waals surface area contributed by atoms with Crippen molar-refractivity contribution in [1.82, 2.24) is 14.9 Å². The molecular weight excluding hydrogens is 222 g/mol. The molecule has 1 aromatic heterocycles. The van der Waals surface area contributed by atoms with Gasteiger partial charge in [0.05, 0.1) is 17.6 Å². The molecule has 0 atom stereocenters. The van der Waals surface area contributed by atoms with E-state index in [0.29, 0.717) is 0 Å². The molecule has 96 valence electrons. The number of imidazole rings is 1. The first-order chi connectivity index (χ1) is 8.72. The van der Waals surface area contributed by atoms with Gasteiger partial charge in [-0.05, 0) is 32.9 Å². The monoisotopic (exact) mass is 243 g/mol. The topological polar surface area (TPSA) is 29.9 Å². The summed E-state index contributed by atoms with van der Waals surface area (Å²) in [5, 5.41) is 3.41. The van der Waals surface area contributed by atoms with Crippen LogP contribution in [0.1, 0.15) is 26.6 Å². The van der Waals surface area contributed by atoms with Crippen LogP contribution in [0.25, 0.3) is 11.0 Å². The average Bonchev–Trinajstić information content (AvgIpc) is 2.71. The van der Waals surface area contributed by atoms with Crippen LogP contribution in [0.5, 0.6) is 0 Å². The minimum Gasteiger partial charge on any atom is -0.327 e. The fourth-order valence-electron chi connectivity index (χ4n) is 2.07. The maximum Gasteiger partial charge on any atom is 0.123 e. The van der Waals surface area contributed by atoms with E-state index in [1.165, 1.54) is 11.1 Å². The van der Waals surface area contributed by atoms with Gasteiger partial charge >= 0.3 is 0 Å². The second-order valence-corrected chi connectivity index (χ2v) is 4.67. The third-order valence-corrected chi connectivity index (χ3v) is 2.99. The van der Waals surface area contributed by atoms with Crippen LogP contribution in [0.2, 0.25) is 0 Å². The number of aryl methyl sites for hydroxylation is 1. The average molecular weight is 243 g/mol. The lowest BCUT2D eigenvalue weighted by Gasteiger charge is -2.06. The summed E-state index contributed by atoms with van der Waals surface area (Å²) in [6, 6.07) is 8.30. The van der Waals surface area contributed by atoms with E-state index in [9.17, 15) is 0 Å².